The minimum atomic E-state index is -0.143. The molecular formula is C85H63N3O. The molecule has 0 atom stereocenters. The molecule has 424 valence electrons. The van der Waals surface area contributed by atoms with E-state index in [-0.39, 0.29) is 10.8 Å². The average molecular weight is 1140 g/mol. The monoisotopic (exact) mass is 1140 g/mol. The number of carbonyl (C=O) groups is 1. The van der Waals surface area contributed by atoms with Gasteiger partial charge in [0.1, 0.15) is 6.29 Å². The van der Waals surface area contributed by atoms with Gasteiger partial charge in [0.2, 0.25) is 0 Å². The van der Waals surface area contributed by atoms with Crippen molar-refractivity contribution in [3.63, 3.8) is 0 Å². The van der Waals surface area contributed by atoms with Crippen LogP contribution in [-0.2, 0) is 10.8 Å². The number of benzene rings is 13. The summed E-state index contributed by atoms with van der Waals surface area (Å²) in [6.45, 7) is 9.40. The first kappa shape index (κ1) is 53.4. The van der Waals surface area contributed by atoms with Crippen molar-refractivity contribution < 1.29 is 4.79 Å². The number of aromatic nitrogens is 1. The second-order valence-corrected chi connectivity index (χ2v) is 24.9. The zero-order valence-corrected chi connectivity index (χ0v) is 50.2. The number of aldehydes is 1. The molecule has 1 heterocycles. The Hall–Kier alpha value is -11.1. The Bertz CT molecular complexity index is 4740. The third-order valence-electron chi connectivity index (χ3n) is 19.1. The first-order chi connectivity index (χ1) is 43.6. The van der Waals surface area contributed by atoms with Gasteiger partial charge in [-0.15, -0.1) is 0 Å². The Labute approximate surface area is 520 Å². The summed E-state index contributed by atoms with van der Waals surface area (Å²) < 4.78 is 2.33. The van der Waals surface area contributed by atoms with Crippen molar-refractivity contribution in [2.24, 2.45) is 0 Å². The van der Waals surface area contributed by atoms with Gasteiger partial charge in [-0.05, 0) is 210 Å². The van der Waals surface area contributed by atoms with Crippen molar-refractivity contribution in [2.75, 3.05) is 9.80 Å². The van der Waals surface area contributed by atoms with Gasteiger partial charge in [0.15, 0.2) is 0 Å². The van der Waals surface area contributed by atoms with Crippen LogP contribution < -0.4 is 9.80 Å². The maximum atomic E-state index is 11.9. The average Bonchev–Trinajstić information content (AvgIpc) is 1.68. The molecule has 14 aromatic rings. The smallest absolute Gasteiger partial charge is 0.150 e. The Morgan fingerprint density at radius 1 is 0.281 bits per heavy atom. The van der Waals surface area contributed by atoms with E-state index < -0.39 is 0 Å². The molecular weight excluding hydrogens is 1080 g/mol. The molecule has 2 aliphatic rings. The Morgan fingerprint density at radius 2 is 0.596 bits per heavy atom. The molecule has 0 bridgehead atoms. The lowest BCUT2D eigenvalue weighted by Crippen LogP contribution is -2.16. The molecule has 0 N–H and O–H groups in total. The first-order valence-corrected chi connectivity index (χ1v) is 30.8. The van der Waals surface area contributed by atoms with Crippen LogP contribution in [0.5, 0.6) is 0 Å². The van der Waals surface area contributed by atoms with Gasteiger partial charge in [-0.25, -0.2) is 0 Å². The largest absolute Gasteiger partial charge is 0.310 e. The lowest BCUT2D eigenvalue weighted by molar-refractivity contribution is 0.112. The van der Waals surface area contributed by atoms with Gasteiger partial charge in [-0.1, -0.05) is 210 Å². The third-order valence-corrected chi connectivity index (χ3v) is 19.1. The van der Waals surface area contributed by atoms with Gasteiger partial charge in [-0.3, -0.25) is 4.79 Å². The molecule has 1 aromatic heterocycles. The fraction of sp³-hybridized carbons (Fsp3) is 0.0706. The van der Waals surface area contributed by atoms with Crippen molar-refractivity contribution in [3.05, 3.63) is 331 Å². The normalized spacial score (nSPS) is 13.2. The maximum Gasteiger partial charge on any atom is 0.150 e. The predicted octanol–water partition coefficient (Wildman–Crippen LogP) is 22.8. The Kier molecular flexibility index (Phi) is 12.7. The SMILES string of the molecule is CC1(C)c2ccccc2-c2ccc(N(c3ccc(-c4ccccc4)cc3)c3ccc(-c4ccc5c(c4)c4cc(-c6ccc(N(c7ccc(-c8ccccc8)cc7)c7ccc8c(c7)C(C)(C)c7ccccc7-8)cc6)ccc4n5-c4ccc(C=O)cc4)cc3)cc21. The van der Waals surface area contributed by atoms with Crippen molar-refractivity contribution in [3.8, 4) is 72.4 Å². The highest BCUT2D eigenvalue weighted by Crippen LogP contribution is 2.53. The summed E-state index contributed by atoms with van der Waals surface area (Å²) >= 11 is 0. The van der Waals surface area contributed by atoms with Gasteiger partial charge in [-0.2, -0.15) is 0 Å². The van der Waals surface area contributed by atoms with Crippen LogP contribution in [0.1, 0.15) is 60.3 Å². The summed E-state index contributed by atoms with van der Waals surface area (Å²) in [5, 5.41) is 2.29. The summed E-state index contributed by atoms with van der Waals surface area (Å²) in [7, 11) is 0. The molecule has 13 aromatic carbocycles. The van der Waals surface area contributed by atoms with Crippen LogP contribution in [0, 0.1) is 0 Å². The highest BCUT2D eigenvalue weighted by Gasteiger charge is 2.37. The van der Waals surface area contributed by atoms with Crippen molar-refractivity contribution in [2.45, 2.75) is 38.5 Å². The zero-order chi connectivity index (χ0) is 60.0. The van der Waals surface area contributed by atoms with Crippen LogP contribution in [0.25, 0.3) is 94.3 Å². The van der Waals surface area contributed by atoms with E-state index in [0.29, 0.717) is 5.56 Å². The lowest BCUT2D eigenvalue weighted by Gasteiger charge is -2.28. The number of hydrogen-bond acceptors (Lipinski definition) is 3. The Morgan fingerprint density at radius 3 is 0.978 bits per heavy atom. The number of carbonyl (C=O) groups excluding carboxylic acids is 1. The van der Waals surface area contributed by atoms with Crippen molar-refractivity contribution >= 4 is 62.2 Å². The summed E-state index contributed by atoms with van der Waals surface area (Å²) in [5.41, 5.74) is 30.0. The van der Waals surface area contributed by atoms with Crippen LogP contribution in [0.15, 0.2) is 303 Å². The number of fused-ring (bicyclic) bond motifs is 9. The van der Waals surface area contributed by atoms with Gasteiger partial charge in [0.25, 0.3) is 0 Å². The molecule has 0 saturated carbocycles. The zero-order valence-electron chi connectivity index (χ0n) is 50.2. The van der Waals surface area contributed by atoms with Crippen LogP contribution in [0.3, 0.4) is 0 Å². The van der Waals surface area contributed by atoms with Gasteiger partial charge < -0.3 is 14.4 Å². The molecule has 0 aliphatic heterocycles. The Balaban J connectivity index is 0.775. The van der Waals surface area contributed by atoms with E-state index in [2.05, 4.69) is 321 Å². The molecule has 0 unspecified atom stereocenters. The predicted molar refractivity (Wildman–Crippen MR) is 372 cm³/mol. The minimum absolute atomic E-state index is 0.143. The van der Waals surface area contributed by atoms with E-state index in [1.54, 1.807) is 0 Å². The first-order valence-electron chi connectivity index (χ1n) is 30.8. The molecule has 2 aliphatic carbocycles. The van der Waals surface area contributed by atoms with E-state index >= 15 is 0 Å². The molecule has 0 radical (unpaired) electrons. The molecule has 4 nitrogen and oxygen atoms in total. The highest BCUT2D eigenvalue weighted by molar-refractivity contribution is 6.12. The van der Waals surface area contributed by atoms with E-state index in [4.69, 9.17) is 0 Å². The van der Waals surface area contributed by atoms with E-state index in [1.807, 2.05) is 24.3 Å². The molecule has 0 spiro atoms. The molecule has 89 heavy (non-hydrogen) atoms. The molecule has 0 saturated heterocycles. The van der Waals surface area contributed by atoms with Gasteiger partial charge in [0, 0.05) is 67.0 Å². The summed E-state index contributed by atoms with van der Waals surface area (Å²) in [6, 6.07) is 111. The van der Waals surface area contributed by atoms with E-state index in [1.165, 1.54) is 66.8 Å². The van der Waals surface area contributed by atoms with Gasteiger partial charge >= 0.3 is 0 Å². The van der Waals surface area contributed by atoms with E-state index in [9.17, 15) is 4.79 Å². The lowest BCUT2D eigenvalue weighted by atomic mass is 9.82. The number of rotatable bonds is 12. The fourth-order valence-corrected chi connectivity index (χ4v) is 14.4. The molecule has 4 heteroatoms. The molecule has 0 amide bonds. The van der Waals surface area contributed by atoms with Crippen molar-refractivity contribution in [1.82, 2.24) is 4.57 Å². The summed E-state index contributed by atoms with van der Waals surface area (Å²) in [5.74, 6) is 0. The topological polar surface area (TPSA) is 28.5 Å². The van der Waals surface area contributed by atoms with Crippen LogP contribution >= 0.6 is 0 Å². The van der Waals surface area contributed by atoms with Crippen LogP contribution in [0.4, 0.5) is 34.1 Å². The third kappa shape index (κ3) is 9.01. The number of anilines is 6. The highest BCUT2D eigenvalue weighted by atomic mass is 16.1. The van der Waals surface area contributed by atoms with Crippen molar-refractivity contribution in [1.29, 1.82) is 0 Å². The van der Waals surface area contributed by atoms with E-state index in [0.717, 1.165) is 90.2 Å². The maximum absolute atomic E-state index is 11.9. The second kappa shape index (κ2) is 21.1. The second-order valence-electron chi connectivity index (χ2n) is 24.9. The molecule has 16 rings (SSSR count). The molecule has 0 fully saturated rings. The number of nitrogens with zero attached hydrogens (tertiary/aromatic N) is 3. The summed E-state index contributed by atoms with van der Waals surface area (Å²) in [6.07, 6.45) is 0.906. The van der Waals surface area contributed by atoms with Gasteiger partial charge in [0.05, 0.1) is 11.0 Å². The fourth-order valence-electron chi connectivity index (χ4n) is 14.4. The number of hydrogen-bond donors (Lipinski definition) is 0. The summed E-state index contributed by atoms with van der Waals surface area (Å²) in [4.78, 5) is 16.7. The van der Waals surface area contributed by atoms with Crippen LogP contribution in [-0.4, -0.2) is 10.9 Å². The van der Waals surface area contributed by atoms with Crippen LogP contribution in [0.2, 0.25) is 0 Å². The quantitative estimate of drug-likeness (QED) is 0.114. The minimum Gasteiger partial charge on any atom is -0.310 e. The standard InChI is InChI=1S/C85H63N3O/c1-84(2)78-21-13-11-19-72(78)74-47-45-70(53-80(74)84)86(65-37-25-59(26-38-65)57-15-7-5-8-16-57)67-41-29-61(30-42-67)63-33-49-82-76(51-63)77-52-64(34-50-83(77)88(82)69-35-23-56(55-89)24-36-69)62-31-43-68(44-32-62)87(66-39-27-60(28-40-66)58-17-9-6-10-18-58)71-46-48-75-73-20-12-14-22-79(73)85(3,4)81(75)54-71/h5-55H,1-4H3.